The van der Waals surface area contributed by atoms with Gasteiger partial charge in [-0.2, -0.15) is 0 Å². The van der Waals surface area contributed by atoms with Crippen LogP contribution in [0.5, 0.6) is 0 Å². The van der Waals surface area contributed by atoms with Crippen LogP contribution in [-0.2, 0) is 4.79 Å². The number of nitrogens with zero attached hydrogens (tertiary/aromatic N) is 1. The van der Waals surface area contributed by atoms with Gasteiger partial charge in [0.05, 0.1) is 12.5 Å². The van der Waals surface area contributed by atoms with Crippen LogP contribution in [0.4, 0.5) is 0 Å². The Morgan fingerprint density at radius 3 is 2.87 bits per heavy atom. The lowest BCUT2D eigenvalue weighted by molar-refractivity contribution is -0.135. The topological polar surface area (TPSA) is 32.3 Å². The van der Waals surface area contributed by atoms with E-state index in [9.17, 15) is 4.79 Å². The first-order valence-corrected chi connectivity index (χ1v) is 5.74. The van der Waals surface area contributed by atoms with Gasteiger partial charge in [-0.25, -0.2) is 0 Å². The van der Waals surface area contributed by atoms with Gasteiger partial charge >= 0.3 is 0 Å². The van der Waals surface area contributed by atoms with Gasteiger partial charge in [0.2, 0.25) is 5.91 Å². The zero-order valence-corrected chi connectivity index (χ0v) is 9.20. The summed E-state index contributed by atoms with van der Waals surface area (Å²) in [6.45, 7) is 3.15. The molecule has 2 rings (SSSR count). The molecule has 0 aromatic carbocycles. The molecule has 2 aliphatic heterocycles. The number of amides is 1. The van der Waals surface area contributed by atoms with Crippen molar-refractivity contribution in [2.75, 3.05) is 13.1 Å². The summed E-state index contributed by atoms with van der Waals surface area (Å²) < 4.78 is 0. The van der Waals surface area contributed by atoms with Crippen LogP contribution in [0.3, 0.4) is 0 Å². The van der Waals surface area contributed by atoms with Crippen molar-refractivity contribution in [3.8, 4) is 12.3 Å². The van der Waals surface area contributed by atoms with Crippen LogP contribution >= 0.6 is 0 Å². The SMILES string of the molecule is C#CCN(CC)C(=O)C1CC2CCC1N2. The van der Waals surface area contributed by atoms with Crippen LogP contribution < -0.4 is 5.32 Å². The maximum absolute atomic E-state index is 12.1. The van der Waals surface area contributed by atoms with Crippen molar-refractivity contribution < 1.29 is 4.79 Å². The molecule has 2 aliphatic rings. The Labute approximate surface area is 91.2 Å². The summed E-state index contributed by atoms with van der Waals surface area (Å²) in [4.78, 5) is 13.9. The Morgan fingerprint density at radius 1 is 1.60 bits per heavy atom. The molecule has 2 bridgehead atoms. The van der Waals surface area contributed by atoms with E-state index in [2.05, 4.69) is 11.2 Å². The van der Waals surface area contributed by atoms with Crippen molar-refractivity contribution in [2.24, 2.45) is 5.92 Å². The molecule has 3 atom stereocenters. The highest BCUT2D eigenvalue weighted by atomic mass is 16.2. The minimum absolute atomic E-state index is 0.178. The van der Waals surface area contributed by atoms with E-state index < -0.39 is 0 Å². The summed E-state index contributed by atoms with van der Waals surface area (Å²) in [5, 5.41) is 3.48. The van der Waals surface area contributed by atoms with Crippen LogP contribution in [-0.4, -0.2) is 36.0 Å². The van der Waals surface area contributed by atoms with Gasteiger partial charge in [-0.3, -0.25) is 4.79 Å². The highest BCUT2D eigenvalue weighted by Gasteiger charge is 2.43. The predicted octanol–water partition coefficient (Wildman–Crippen LogP) is 0.609. The lowest BCUT2D eigenvalue weighted by Crippen LogP contribution is -2.41. The predicted molar refractivity (Wildman–Crippen MR) is 59.1 cm³/mol. The van der Waals surface area contributed by atoms with Gasteiger partial charge in [0.1, 0.15) is 0 Å². The summed E-state index contributed by atoms with van der Waals surface area (Å²) >= 11 is 0. The van der Waals surface area contributed by atoms with Crippen LogP contribution in [0.15, 0.2) is 0 Å². The van der Waals surface area contributed by atoms with Crippen molar-refractivity contribution in [1.82, 2.24) is 10.2 Å². The lowest BCUT2D eigenvalue weighted by atomic mass is 9.88. The Hall–Kier alpha value is -1.01. The number of hydrogen-bond acceptors (Lipinski definition) is 2. The number of carbonyl (C=O) groups is 1. The van der Waals surface area contributed by atoms with Gasteiger partial charge in [0.15, 0.2) is 0 Å². The highest BCUT2D eigenvalue weighted by molar-refractivity contribution is 5.80. The number of nitrogens with one attached hydrogen (secondary N) is 1. The van der Waals surface area contributed by atoms with Gasteiger partial charge in [-0.15, -0.1) is 6.42 Å². The zero-order chi connectivity index (χ0) is 10.8. The molecule has 0 aliphatic carbocycles. The summed E-state index contributed by atoms with van der Waals surface area (Å²) in [5.41, 5.74) is 0. The fraction of sp³-hybridized carbons (Fsp3) is 0.750. The summed E-state index contributed by atoms with van der Waals surface area (Å²) in [6.07, 6.45) is 8.64. The number of carbonyl (C=O) groups excluding carboxylic acids is 1. The monoisotopic (exact) mass is 206 g/mol. The second kappa shape index (κ2) is 4.24. The van der Waals surface area contributed by atoms with E-state index in [0.717, 1.165) is 19.4 Å². The van der Waals surface area contributed by atoms with E-state index in [-0.39, 0.29) is 11.8 Å². The average Bonchev–Trinajstić information content (AvgIpc) is 2.86. The van der Waals surface area contributed by atoms with Gasteiger partial charge < -0.3 is 10.2 Å². The van der Waals surface area contributed by atoms with Crippen LogP contribution in [0.1, 0.15) is 26.2 Å². The molecule has 82 valence electrons. The quantitative estimate of drug-likeness (QED) is 0.686. The molecular weight excluding hydrogens is 188 g/mol. The summed E-state index contributed by atoms with van der Waals surface area (Å²) in [7, 11) is 0. The van der Waals surface area contributed by atoms with E-state index in [0.29, 0.717) is 18.6 Å². The third kappa shape index (κ3) is 1.87. The molecular formula is C12H18N2O. The Kier molecular flexibility index (Phi) is 2.97. The molecule has 1 amide bonds. The van der Waals surface area contributed by atoms with E-state index in [4.69, 9.17) is 6.42 Å². The van der Waals surface area contributed by atoms with Crippen LogP contribution in [0.2, 0.25) is 0 Å². The van der Waals surface area contributed by atoms with E-state index in [1.807, 2.05) is 6.92 Å². The maximum Gasteiger partial charge on any atom is 0.228 e. The standard InChI is InChI=1S/C12H18N2O/c1-3-7-14(4-2)12(15)10-8-9-5-6-11(10)13-9/h1,9-11,13H,4-8H2,2H3. The van der Waals surface area contributed by atoms with Crippen molar-refractivity contribution in [3.05, 3.63) is 0 Å². The van der Waals surface area contributed by atoms with Crippen LogP contribution in [0.25, 0.3) is 0 Å². The van der Waals surface area contributed by atoms with E-state index in [1.54, 1.807) is 4.90 Å². The second-order valence-corrected chi connectivity index (χ2v) is 4.45. The average molecular weight is 206 g/mol. The molecule has 3 unspecified atom stereocenters. The molecule has 0 aromatic heterocycles. The molecule has 3 heteroatoms. The third-order valence-corrected chi connectivity index (χ3v) is 3.59. The van der Waals surface area contributed by atoms with Gasteiger partial charge in [0, 0.05) is 18.6 Å². The number of rotatable bonds is 3. The summed E-state index contributed by atoms with van der Waals surface area (Å²) in [6, 6.07) is 0.989. The first-order chi connectivity index (χ1) is 7.26. The number of fused-ring (bicyclic) bond motifs is 2. The normalized spacial score (nSPS) is 32.7. The molecule has 2 fully saturated rings. The van der Waals surface area contributed by atoms with Crippen molar-refractivity contribution in [3.63, 3.8) is 0 Å². The highest BCUT2D eigenvalue weighted by Crippen LogP contribution is 2.34. The van der Waals surface area contributed by atoms with Crippen molar-refractivity contribution in [1.29, 1.82) is 0 Å². The molecule has 0 spiro atoms. The minimum Gasteiger partial charge on any atom is -0.332 e. The Bertz CT molecular complexity index is 294. The van der Waals surface area contributed by atoms with Gasteiger partial charge in [0.25, 0.3) is 0 Å². The molecule has 15 heavy (non-hydrogen) atoms. The molecule has 3 nitrogen and oxygen atoms in total. The smallest absolute Gasteiger partial charge is 0.228 e. The van der Waals surface area contributed by atoms with E-state index in [1.165, 1.54) is 6.42 Å². The first kappa shape index (κ1) is 10.5. The molecule has 0 aromatic rings. The fourth-order valence-electron chi connectivity index (χ4n) is 2.79. The van der Waals surface area contributed by atoms with Crippen LogP contribution in [0, 0.1) is 18.3 Å². The van der Waals surface area contributed by atoms with Crippen molar-refractivity contribution >= 4 is 5.91 Å². The number of hydrogen-bond donors (Lipinski definition) is 1. The molecule has 1 N–H and O–H groups in total. The third-order valence-electron chi connectivity index (χ3n) is 3.59. The Morgan fingerprint density at radius 2 is 2.40 bits per heavy atom. The fourth-order valence-corrected chi connectivity index (χ4v) is 2.79. The first-order valence-electron chi connectivity index (χ1n) is 5.74. The minimum atomic E-state index is 0.178. The second-order valence-electron chi connectivity index (χ2n) is 4.45. The zero-order valence-electron chi connectivity index (χ0n) is 9.20. The van der Waals surface area contributed by atoms with Gasteiger partial charge in [-0.05, 0) is 26.2 Å². The lowest BCUT2D eigenvalue weighted by Gasteiger charge is -2.26. The Balaban J connectivity index is 1.98. The molecule has 0 saturated carbocycles. The largest absolute Gasteiger partial charge is 0.332 e. The van der Waals surface area contributed by atoms with Crippen molar-refractivity contribution in [2.45, 2.75) is 38.3 Å². The number of terminal acetylenes is 1. The molecule has 0 radical (unpaired) electrons. The van der Waals surface area contributed by atoms with Gasteiger partial charge in [-0.1, -0.05) is 5.92 Å². The summed E-state index contributed by atoms with van der Waals surface area (Å²) in [5.74, 6) is 2.98. The maximum atomic E-state index is 12.1. The molecule has 2 heterocycles. The molecule has 2 saturated heterocycles. The van der Waals surface area contributed by atoms with E-state index >= 15 is 0 Å².